The van der Waals surface area contributed by atoms with Gasteiger partial charge in [-0.05, 0) is 24.4 Å². The Kier molecular flexibility index (Phi) is 3.43. The molecule has 0 fully saturated rings. The van der Waals surface area contributed by atoms with Crippen molar-refractivity contribution in [2.45, 2.75) is 0 Å². The van der Waals surface area contributed by atoms with Crippen molar-refractivity contribution >= 4 is 28.6 Å². The molecule has 0 bridgehead atoms. The lowest BCUT2D eigenvalue weighted by molar-refractivity contribution is 0.415. The minimum Gasteiger partial charge on any atom is -0.497 e. The predicted octanol–water partition coefficient (Wildman–Crippen LogP) is 2.00. The molecule has 0 unspecified atom stereocenters. The van der Waals surface area contributed by atoms with Gasteiger partial charge in [-0.3, -0.25) is 0 Å². The lowest BCUT2D eigenvalue weighted by Gasteiger charge is -2.05. The number of allylic oxidation sites excluding steroid dienone is 1. The molecule has 5 heteroatoms. The van der Waals surface area contributed by atoms with Crippen LogP contribution in [0.25, 0.3) is 10.9 Å². The van der Waals surface area contributed by atoms with E-state index < -0.39 is 0 Å². The van der Waals surface area contributed by atoms with Gasteiger partial charge in [0.1, 0.15) is 5.75 Å². The number of ether oxygens (including phenoxy) is 1. The van der Waals surface area contributed by atoms with Crippen LogP contribution >= 0.6 is 0 Å². The quantitative estimate of drug-likeness (QED) is 0.806. The van der Waals surface area contributed by atoms with Gasteiger partial charge in [-0.1, -0.05) is 0 Å². The summed E-state index contributed by atoms with van der Waals surface area (Å²) in [5.41, 5.74) is 12.6. The SMILES string of the molecule is COc1ccc2c(N)cc(N=CC=CN)nc2c1. The molecule has 1 aromatic carbocycles. The summed E-state index contributed by atoms with van der Waals surface area (Å²) in [6.07, 6.45) is 4.58. The van der Waals surface area contributed by atoms with Gasteiger partial charge >= 0.3 is 0 Å². The summed E-state index contributed by atoms with van der Waals surface area (Å²) in [5.74, 6) is 1.27. The second kappa shape index (κ2) is 5.18. The van der Waals surface area contributed by atoms with Gasteiger partial charge in [-0.25, -0.2) is 9.98 Å². The molecule has 0 radical (unpaired) electrons. The smallest absolute Gasteiger partial charge is 0.154 e. The first kappa shape index (κ1) is 11.9. The summed E-state index contributed by atoms with van der Waals surface area (Å²) in [7, 11) is 1.61. The lowest BCUT2D eigenvalue weighted by Crippen LogP contribution is -1.91. The van der Waals surface area contributed by atoms with Crippen molar-refractivity contribution in [3.8, 4) is 5.75 Å². The van der Waals surface area contributed by atoms with E-state index in [1.807, 2.05) is 18.2 Å². The van der Waals surface area contributed by atoms with Crippen molar-refractivity contribution in [1.82, 2.24) is 4.98 Å². The highest BCUT2D eigenvalue weighted by Crippen LogP contribution is 2.27. The molecule has 1 aromatic heterocycles. The van der Waals surface area contributed by atoms with Crippen LogP contribution in [0.3, 0.4) is 0 Å². The van der Waals surface area contributed by atoms with Crippen LogP contribution in [0.5, 0.6) is 5.75 Å². The molecular weight excluding hydrogens is 228 g/mol. The highest BCUT2D eigenvalue weighted by molar-refractivity contribution is 5.92. The zero-order chi connectivity index (χ0) is 13.0. The number of aromatic nitrogens is 1. The molecule has 2 aromatic rings. The number of anilines is 1. The van der Waals surface area contributed by atoms with E-state index in [-0.39, 0.29) is 0 Å². The topological polar surface area (TPSA) is 86.5 Å². The molecule has 4 N–H and O–H groups in total. The molecule has 18 heavy (non-hydrogen) atoms. The number of aliphatic imine (C=N–C) groups is 1. The molecule has 0 saturated heterocycles. The van der Waals surface area contributed by atoms with Crippen molar-refractivity contribution in [3.05, 3.63) is 36.5 Å². The Bertz CT molecular complexity index is 620. The molecule has 5 nitrogen and oxygen atoms in total. The number of pyridine rings is 1. The van der Waals surface area contributed by atoms with Crippen LogP contribution in [0.2, 0.25) is 0 Å². The van der Waals surface area contributed by atoms with Crippen molar-refractivity contribution in [1.29, 1.82) is 0 Å². The van der Waals surface area contributed by atoms with Gasteiger partial charge in [-0.15, -0.1) is 0 Å². The molecule has 0 aliphatic heterocycles. The van der Waals surface area contributed by atoms with E-state index >= 15 is 0 Å². The first-order chi connectivity index (χ1) is 8.74. The standard InChI is InChI=1S/C13H14N4O/c1-18-9-3-4-10-11(15)8-13(16-6-2-5-14)17-12(10)7-9/h2-8H,14H2,1H3,(H2,15,17). The average molecular weight is 242 g/mol. The molecule has 0 amide bonds. The third-order valence-corrected chi connectivity index (χ3v) is 2.44. The number of benzene rings is 1. The lowest BCUT2D eigenvalue weighted by atomic mass is 10.2. The van der Waals surface area contributed by atoms with Gasteiger partial charge in [0.2, 0.25) is 0 Å². The molecule has 0 spiro atoms. The van der Waals surface area contributed by atoms with Crippen LogP contribution in [-0.2, 0) is 0 Å². The van der Waals surface area contributed by atoms with E-state index in [4.69, 9.17) is 16.2 Å². The first-order valence-corrected chi connectivity index (χ1v) is 5.40. The second-order valence-electron chi connectivity index (χ2n) is 3.62. The van der Waals surface area contributed by atoms with Crippen LogP contribution in [0.15, 0.2) is 41.5 Å². The van der Waals surface area contributed by atoms with E-state index in [2.05, 4.69) is 9.98 Å². The van der Waals surface area contributed by atoms with Crippen LogP contribution in [0.1, 0.15) is 0 Å². The number of fused-ring (bicyclic) bond motifs is 1. The number of nitrogens with zero attached hydrogens (tertiary/aromatic N) is 2. The fraction of sp³-hybridized carbons (Fsp3) is 0.0769. The number of hydrogen-bond donors (Lipinski definition) is 2. The van der Waals surface area contributed by atoms with Crippen molar-refractivity contribution in [2.75, 3.05) is 12.8 Å². The average Bonchev–Trinajstić information content (AvgIpc) is 2.38. The van der Waals surface area contributed by atoms with E-state index in [1.165, 1.54) is 6.20 Å². The van der Waals surface area contributed by atoms with Crippen molar-refractivity contribution in [3.63, 3.8) is 0 Å². The Morgan fingerprint density at radius 3 is 2.89 bits per heavy atom. The zero-order valence-corrected chi connectivity index (χ0v) is 10.00. The third-order valence-electron chi connectivity index (χ3n) is 2.44. The monoisotopic (exact) mass is 242 g/mol. The number of hydrogen-bond acceptors (Lipinski definition) is 5. The highest BCUT2D eigenvalue weighted by atomic mass is 16.5. The fourth-order valence-electron chi connectivity index (χ4n) is 1.58. The van der Waals surface area contributed by atoms with E-state index in [0.717, 1.165) is 16.7 Å². The Balaban J connectivity index is 2.51. The molecule has 92 valence electrons. The number of nitrogen functional groups attached to an aromatic ring is 1. The Morgan fingerprint density at radius 1 is 1.33 bits per heavy atom. The maximum Gasteiger partial charge on any atom is 0.154 e. The summed E-state index contributed by atoms with van der Waals surface area (Å²) in [4.78, 5) is 8.52. The zero-order valence-electron chi connectivity index (χ0n) is 10.00. The normalized spacial score (nSPS) is 11.6. The highest BCUT2D eigenvalue weighted by Gasteiger charge is 2.03. The van der Waals surface area contributed by atoms with Gasteiger partial charge in [-0.2, -0.15) is 0 Å². The second-order valence-corrected chi connectivity index (χ2v) is 3.62. The first-order valence-electron chi connectivity index (χ1n) is 5.40. The summed E-state index contributed by atoms with van der Waals surface area (Å²) < 4.78 is 5.15. The minimum atomic E-state index is 0.534. The Labute approximate surface area is 105 Å². The maximum atomic E-state index is 5.96. The van der Waals surface area contributed by atoms with Crippen LogP contribution in [-0.4, -0.2) is 18.3 Å². The summed E-state index contributed by atoms with van der Waals surface area (Å²) in [5, 5.41) is 0.879. The van der Waals surface area contributed by atoms with Gasteiger partial charge in [0, 0.05) is 29.4 Å². The summed E-state index contributed by atoms with van der Waals surface area (Å²) in [6.45, 7) is 0. The molecule has 1 heterocycles. The third kappa shape index (κ3) is 2.40. The van der Waals surface area contributed by atoms with Crippen LogP contribution < -0.4 is 16.2 Å². The maximum absolute atomic E-state index is 5.96. The van der Waals surface area contributed by atoms with Crippen LogP contribution in [0.4, 0.5) is 11.5 Å². The molecule has 0 atom stereocenters. The molecule has 0 aliphatic rings. The summed E-state index contributed by atoms with van der Waals surface area (Å²) >= 11 is 0. The van der Waals surface area contributed by atoms with Crippen molar-refractivity contribution < 1.29 is 4.74 Å². The Hall–Kier alpha value is -2.56. The molecule has 0 aliphatic carbocycles. The Morgan fingerprint density at radius 2 is 2.17 bits per heavy atom. The number of methoxy groups -OCH3 is 1. The summed E-state index contributed by atoms with van der Waals surface area (Å²) in [6, 6.07) is 7.27. The predicted molar refractivity (Wildman–Crippen MR) is 74.2 cm³/mol. The minimum absolute atomic E-state index is 0.534. The number of rotatable bonds is 3. The largest absolute Gasteiger partial charge is 0.497 e. The number of nitrogens with two attached hydrogens (primary N) is 2. The fourth-order valence-corrected chi connectivity index (χ4v) is 1.58. The van der Waals surface area contributed by atoms with E-state index in [9.17, 15) is 0 Å². The van der Waals surface area contributed by atoms with Gasteiger partial charge in [0.15, 0.2) is 5.82 Å². The molecule has 0 saturated carbocycles. The van der Waals surface area contributed by atoms with Crippen molar-refractivity contribution in [2.24, 2.45) is 10.7 Å². The van der Waals surface area contributed by atoms with E-state index in [1.54, 1.807) is 25.5 Å². The molecular formula is C13H14N4O. The van der Waals surface area contributed by atoms with Gasteiger partial charge in [0.05, 0.1) is 12.6 Å². The van der Waals surface area contributed by atoms with Gasteiger partial charge in [0.25, 0.3) is 0 Å². The van der Waals surface area contributed by atoms with Crippen LogP contribution in [0, 0.1) is 0 Å². The van der Waals surface area contributed by atoms with Gasteiger partial charge < -0.3 is 16.2 Å². The molecule has 2 rings (SSSR count). The van der Waals surface area contributed by atoms with E-state index in [0.29, 0.717) is 11.5 Å².